The molecule has 0 aliphatic heterocycles. The van der Waals surface area contributed by atoms with Crippen LogP contribution in [0.2, 0.25) is 0 Å². The third-order valence-corrected chi connectivity index (χ3v) is 1.98. The minimum atomic E-state index is 0.615. The molecule has 0 radical (unpaired) electrons. The standard InChI is InChI=1S/C12H17N/c1-3-4-6-11(2)9-12-7-5-8-13-10-12/h4-8,10-11H,3,9H2,1-2H3/b6-4-. The summed E-state index contributed by atoms with van der Waals surface area (Å²) in [5, 5.41) is 0. The van der Waals surface area contributed by atoms with Gasteiger partial charge < -0.3 is 0 Å². The Labute approximate surface area is 80.5 Å². The summed E-state index contributed by atoms with van der Waals surface area (Å²) in [7, 11) is 0. The van der Waals surface area contributed by atoms with E-state index in [1.807, 2.05) is 18.5 Å². The van der Waals surface area contributed by atoms with Gasteiger partial charge in [0.15, 0.2) is 0 Å². The molecule has 0 bridgehead atoms. The van der Waals surface area contributed by atoms with Gasteiger partial charge in [-0.1, -0.05) is 32.1 Å². The van der Waals surface area contributed by atoms with Crippen molar-refractivity contribution in [3.63, 3.8) is 0 Å². The summed E-state index contributed by atoms with van der Waals surface area (Å²) in [6.45, 7) is 4.40. The smallest absolute Gasteiger partial charge is 0.0300 e. The first-order valence-corrected chi connectivity index (χ1v) is 4.88. The average Bonchev–Trinajstić information content (AvgIpc) is 2.16. The van der Waals surface area contributed by atoms with Crippen molar-refractivity contribution in [2.75, 3.05) is 0 Å². The summed E-state index contributed by atoms with van der Waals surface area (Å²) in [4.78, 5) is 4.09. The molecule has 0 saturated carbocycles. The van der Waals surface area contributed by atoms with E-state index in [1.165, 1.54) is 5.56 Å². The van der Waals surface area contributed by atoms with Gasteiger partial charge in [-0.25, -0.2) is 0 Å². The highest BCUT2D eigenvalue weighted by molar-refractivity contribution is 5.10. The summed E-state index contributed by atoms with van der Waals surface area (Å²) in [6.07, 6.45) is 10.5. The van der Waals surface area contributed by atoms with Crippen LogP contribution in [0.1, 0.15) is 25.8 Å². The second-order valence-electron chi connectivity index (χ2n) is 3.38. The van der Waals surface area contributed by atoms with Gasteiger partial charge in [0.25, 0.3) is 0 Å². The number of pyridine rings is 1. The zero-order chi connectivity index (χ0) is 9.52. The number of hydrogen-bond acceptors (Lipinski definition) is 1. The van der Waals surface area contributed by atoms with E-state index in [4.69, 9.17) is 0 Å². The molecule has 1 aromatic heterocycles. The molecule has 13 heavy (non-hydrogen) atoms. The van der Waals surface area contributed by atoms with E-state index in [2.05, 4.69) is 37.0 Å². The van der Waals surface area contributed by atoms with E-state index in [-0.39, 0.29) is 0 Å². The maximum atomic E-state index is 4.09. The second kappa shape index (κ2) is 5.52. The highest BCUT2D eigenvalue weighted by Crippen LogP contribution is 2.08. The van der Waals surface area contributed by atoms with Crippen LogP contribution in [0.15, 0.2) is 36.7 Å². The molecule has 70 valence electrons. The maximum Gasteiger partial charge on any atom is 0.0300 e. The van der Waals surface area contributed by atoms with Crippen molar-refractivity contribution in [3.8, 4) is 0 Å². The van der Waals surface area contributed by atoms with E-state index in [9.17, 15) is 0 Å². The summed E-state index contributed by atoms with van der Waals surface area (Å²) < 4.78 is 0. The van der Waals surface area contributed by atoms with Crippen LogP contribution >= 0.6 is 0 Å². The predicted molar refractivity (Wildman–Crippen MR) is 56.5 cm³/mol. The van der Waals surface area contributed by atoms with Crippen LogP contribution in [0.3, 0.4) is 0 Å². The van der Waals surface area contributed by atoms with Crippen molar-refractivity contribution in [3.05, 3.63) is 42.2 Å². The zero-order valence-corrected chi connectivity index (χ0v) is 8.40. The van der Waals surface area contributed by atoms with E-state index >= 15 is 0 Å². The molecule has 0 fully saturated rings. The van der Waals surface area contributed by atoms with Crippen molar-refractivity contribution in [2.45, 2.75) is 26.7 Å². The quantitative estimate of drug-likeness (QED) is 0.640. The Morgan fingerprint density at radius 2 is 2.38 bits per heavy atom. The Morgan fingerprint density at radius 1 is 1.54 bits per heavy atom. The largest absolute Gasteiger partial charge is 0.264 e. The fraction of sp³-hybridized carbons (Fsp3) is 0.417. The third kappa shape index (κ3) is 3.88. The van der Waals surface area contributed by atoms with Gasteiger partial charge in [0.2, 0.25) is 0 Å². The lowest BCUT2D eigenvalue weighted by molar-refractivity contribution is 0.718. The number of nitrogens with zero attached hydrogens (tertiary/aromatic N) is 1. The van der Waals surface area contributed by atoms with Gasteiger partial charge in [0, 0.05) is 12.4 Å². The van der Waals surface area contributed by atoms with Crippen molar-refractivity contribution >= 4 is 0 Å². The molecule has 1 heteroatoms. The Balaban J connectivity index is 2.45. The molecule has 1 unspecified atom stereocenters. The van der Waals surface area contributed by atoms with Crippen LogP contribution < -0.4 is 0 Å². The molecule has 0 aliphatic carbocycles. The molecule has 0 spiro atoms. The minimum Gasteiger partial charge on any atom is -0.264 e. The fourth-order valence-electron chi connectivity index (χ4n) is 1.33. The summed E-state index contributed by atoms with van der Waals surface area (Å²) >= 11 is 0. The van der Waals surface area contributed by atoms with Gasteiger partial charge in [-0.3, -0.25) is 4.98 Å². The number of rotatable bonds is 4. The lowest BCUT2D eigenvalue weighted by atomic mass is 10.0. The van der Waals surface area contributed by atoms with Crippen LogP contribution in [0.4, 0.5) is 0 Å². The highest BCUT2D eigenvalue weighted by Gasteiger charge is 1.98. The minimum absolute atomic E-state index is 0.615. The van der Waals surface area contributed by atoms with Gasteiger partial charge in [-0.15, -0.1) is 0 Å². The summed E-state index contributed by atoms with van der Waals surface area (Å²) in [5.74, 6) is 0.615. The van der Waals surface area contributed by atoms with E-state index in [0.29, 0.717) is 5.92 Å². The first-order chi connectivity index (χ1) is 6.33. The molecule has 0 aromatic carbocycles. The van der Waals surface area contributed by atoms with E-state index in [0.717, 1.165) is 12.8 Å². The molecule has 1 aromatic rings. The van der Waals surface area contributed by atoms with Gasteiger partial charge in [0.05, 0.1) is 0 Å². The van der Waals surface area contributed by atoms with Crippen molar-refractivity contribution < 1.29 is 0 Å². The first-order valence-electron chi connectivity index (χ1n) is 4.88. The van der Waals surface area contributed by atoms with Crippen molar-refractivity contribution in [1.29, 1.82) is 0 Å². The first kappa shape index (κ1) is 9.97. The Hall–Kier alpha value is -1.11. The van der Waals surface area contributed by atoms with Gasteiger partial charge in [-0.2, -0.15) is 0 Å². The molecule has 0 N–H and O–H groups in total. The van der Waals surface area contributed by atoms with Crippen LogP contribution in [0.25, 0.3) is 0 Å². The monoisotopic (exact) mass is 175 g/mol. The van der Waals surface area contributed by atoms with Crippen LogP contribution in [-0.2, 0) is 6.42 Å². The topological polar surface area (TPSA) is 12.9 Å². The SMILES string of the molecule is CC/C=C\C(C)Cc1cccnc1. The normalized spacial score (nSPS) is 13.4. The van der Waals surface area contributed by atoms with Crippen LogP contribution in [0, 0.1) is 5.92 Å². The van der Waals surface area contributed by atoms with Crippen molar-refractivity contribution in [2.24, 2.45) is 5.92 Å². The molecular formula is C12H17N. The van der Waals surface area contributed by atoms with Gasteiger partial charge >= 0.3 is 0 Å². The average molecular weight is 175 g/mol. The van der Waals surface area contributed by atoms with Crippen LogP contribution in [-0.4, -0.2) is 4.98 Å². The molecule has 0 saturated heterocycles. The molecular weight excluding hydrogens is 158 g/mol. The molecule has 1 nitrogen and oxygen atoms in total. The van der Waals surface area contributed by atoms with E-state index in [1.54, 1.807) is 0 Å². The summed E-state index contributed by atoms with van der Waals surface area (Å²) in [6, 6.07) is 4.12. The van der Waals surface area contributed by atoms with Gasteiger partial charge in [0.1, 0.15) is 0 Å². The molecule has 1 atom stereocenters. The maximum absolute atomic E-state index is 4.09. The molecule has 1 rings (SSSR count). The van der Waals surface area contributed by atoms with Crippen molar-refractivity contribution in [1.82, 2.24) is 4.98 Å². The second-order valence-corrected chi connectivity index (χ2v) is 3.38. The fourth-order valence-corrected chi connectivity index (χ4v) is 1.33. The summed E-state index contributed by atoms with van der Waals surface area (Å²) in [5.41, 5.74) is 1.32. The lowest BCUT2D eigenvalue weighted by Crippen LogP contribution is -1.95. The lowest BCUT2D eigenvalue weighted by Gasteiger charge is -2.04. The van der Waals surface area contributed by atoms with Crippen LogP contribution in [0.5, 0.6) is 0 Å². The third-order valence-electron chi connectivity index (χ3n) is 1.98. The predicted octanol–water partition coefficient (Wildman–Crippen LogP) is 3.23. The molecule has 0 aliphatic rings. The number of hydrogen-bond donors (Lipinski definition) is 0. The Kier molecular flexibility index (Phi) is 4.24. The molecule has 1 heterocycles. The highest BCUT2D eigenvalue weighted by atomic mass is 14.6. The number of allylic oxidation sites excluding steroid dienone is 2. The zero-order valence-electron chi connectivity index (χ0n) is 8.40. The Morgan fingerprint density at radius 3 is 3.00 bits per heavy atom. The number of aromatic nitrogens is 1. The molecule has 0 amide bonds. The Bertz CT molecular complexity index is 251. The van der Waals surface area contributed by atoms with Gasteiger partial charge in [-0.05, 0) is 30.4 Å². The van der Waals surface area contributed by atoms with E-state index < -0.39 is 0 Å².